The number of hydrogen-bond donors (Lipinski definition) is 0. The first-order valence-corrected chi connectivity index (χ1v) is 6.26. The van der Waals surface area contributed by atoms with Crippen molar-refractivity contribution >= 4 is 0 Å². The first kappa shape index (κ1) is 12.3. The van der Waals surface area contributed by atoms with Gasteiger partial charge < -0.3 is 9.30 Å². The van der Waals surface area contributed by atoms with Crippen LogP contribution in [0.5, 0.6) is 11.5 Å². The van der Waals surface area contributed by atoms with Gasteiger partial charge in [0.15, 0.2) is 0 Å². The van der Waals surface area contributed by atoms with Gasteiger partial charge in [-0.15, -0.1) is 0 Å². The predicted octanol–water partition coefficient (Wildman–Crippen LogP) is 2.98. The molecule has 20 heavy (non-hydrogen) atoms. The zero-order chi connectivity index (χ0) is 13.9. The molecule has 5 nitrogen and oxygen atoms in total. The van der Waals surface area contributed by atoms with Crippen LogP contribution in [0.4, 0.5) is 0 Å². The molecular weight excluding hydrogens is 252 g/mol. The quantitative estimate of drug-likeness (QED) is 0.731. The lowest BCUT2D eigenvalue weighted by Gasteiger charge is -2.07. The van der Waals surface area contributed by atoms with Crippen LogP contribution in [-0.2, 0) is 7.05 Å². The molecule has 0 unspecified atom stereocenters. The van der Waals surface area contributed by atoms with Gasteiger partial charge in [-0.3, -0.25) is 9.97 Å². The number of pyridine rings is 2. The van der Waals surface area contributed by atoms with Gasteiger partial charge in [-0.2, -0.15) is 0 Å². The first-order chi connectivity index (χ1) is 9.74. The summed E-state index contributed by atoms with van der Waals surface area (Å²) >= 11 is 0. The van der Waals surface area contributed by atoms with Gasteiger partial charge in [0, 0.05) is 25.5 Å². The number of nitrogens with zero attached hydrogens (tertiary/aromatic N) is 4. The van der Waals surface area contributed by atoms with Crippen molar-refractivity contribution in [1.82, 2.24) is 19.5 Å². The van der Waals surface area contributed by atoms with Gasteiger partial charge in [-0.25, -0.2) is 4.98 Å². The third kappa shape index (κ3) is 2.38. The summed E-state index contributed by atoms with van der Waals surface area (Å²) < 4.78 is 7.75. The fourth-order valence-electron chi connectivity index (χ4n) is 1.90. The zero-order valence-electron chi connectivity index (χ0n) is 11.3. The minimum Gasteiger partial charge on any atom is -0.456 e. The van der Waals surface area contributed by atoms with Crippen molar-refractivity contribution in [1.29, 1.82) is 0 Å². The highest BCUT2D eigenvalue weighted by Gasteiger charge is 2.08. The van der Waals surface area contributed by atoms with E-state index in [0.29, 0.717) is 5.75 Å². The number of rotatable bonds is 3. The highest BCUT2D eigenvalue weighted by molar-refractivity contribution is 5.56. The summed E-state index contributed by atoms with van der Waals surface area (Å²) in [5, 5.41) is 0. The molecule has 0 atom stereocenters. The van der Waals surface area contributed by atoms with Crippen LogP contribution >= 0.6 is 0 Å². The third-order valence-corrected chi connectivity index (χ3v) is 3.08. The molecular formula is C15H14N4O. The standard InChI is InChI=1S/C15H14N4O/c1-11-18-10-15(19(11)2)14-8-12(5-7-17-14)20-13-4-3-6-16-9-13/h3-10H,1-2H3. The Balaban J connectivity index is 1.92. The van der Waals surface area contributed by atoms with Gasteiger partial charge in [0.1, 0.15) is 17.3 Å². The maximum atomic E-state index is 5.76. The number of aryl methyl sites for hydroxylation is 1. The Bertz CT molecular complexity index is 722. The third-order valence-electron chi connectivity index (χ3n) is 3.08. The molecule has 0 radical (unpaired) electrons. The number of imidazole rings is 1. The van der Waals surface area contributed by atoms with Crippen LogP contribution in [0.3, 0.4) is 0 Å². The van der Waals surface area contributed by atoms with Crippen molar-refractivity contribution in [2.45, 2.75) is 6.92 Å². The summed E-state index contributed by atoms with van der Waals surface area (Å²) in [7, 11) is 1.97. The molecule has 0 saturated carbocycles. The summed E-state index contributed by atoms with van der Waals surface area (Å²) in [5.74, 6) is 2.37. The van der Waals surface area contributed by atoms with Gasteiger partial charge in [-0.05, 0) is 25.1 Å². The largest absolute Gasteiger partial charge is 0.456 e. The summed E-state index contributed by atoms with van der Waals surface area (Å²) in [6.45, 7) is 1.96. The SMILES string of the molecule is Cc1ncc(-c2cc(Oc3cccnc3)ccn2)n1C. The molecule has 0 saturated heterocycles. The second-order valence-corrected chi connectivity index (χ2v) is 4.42. The van der Waals surface area contributed by atoms with Crippen molar-refractivity contribution in [3.8, 4) is 22.9 Å². The molecule has 0 amide bonds. The predicted molar refractivity (Wildman–Crippen MR) is 75.5 cm³/mol. The first-order valence-electron chi connectivity index (χ1n) is 6.26. The van der Waals surface area contributed by atoms with E-state index >= 15 is 0 Å². The summed E-state index contributed by atoms with van der Waals surface area (Å²) in [5.41, 5.74) is 1.79. The fourth-order valence-corrected chi connectivity index (χ4v) is 1.90. The molecule has 0 bridgehead atoms. The van der Waals surface area contributed by atoms with Crippen molar-refractivity contribution in [3.05, 3.63) is 54.9 Å². The van der Waals surface area contributed by atoms with Gasteiger partial charge in [0.05, 0.1) is 23.8 Å². The normalized spacial score (nSPS) is 10.5. The smallest absolute Gasteiger partial charge is 0.145 e. The highest BCUT2D eigenvalue weighted by atomic mass is 16.5. The molecule has 3 aromatic heterocycles. The van der Waals surface area contributed by atoms with E-state index in [2.05, 4.69) is 15.0 Å². The van der Waals surface area contributed by atoms with Crippen LogP contribution in [0.25, 0.3) is 11.4 Å². The van der Waals surface area contributed by atoms with Crippen molar-refractivity contribution in [3.63, 3.8) is 0 Å². The van der Waals surface area contributed by atoms with Crippen LogP contribution < -0.4 is 4.74 Å². The summed E-state index contributed by atoms with van der Waals surface area (Å²) in [4.78, 5) is 12.7. The molecule has 100 valence electrons. The van der Waals surface area contributed by atoms with E-state index in [1.165, 1.54) is 0 Å². The molecule has 5 heteroatoms. The summed E-state index contributed by atoms with van der Waals surface area (Å²) in [6.07, 6.45) is 6.92. The second kappa shape index (κ2) is 5.13. The maximum absolute atomic E-state index is 5.76. The van der Waals surface area contributed by atoms with E-state index in [-0.39, 0.29) is 0 Å². The van der Waals surface area contributed by atoms with E-state index < -0.39 is 0 Å². The molecule has 0 spiro atoms. The Labute approximate surface area is 116 Å². The monoisotopic (exact) mass is 266 g/mol. The maximum Gasteiger partial charge on any atom is 0.145 e. The molecule has 0 fully saturated rings. The molecule has 0 aliphatic heterocycles. The van der Waals surface area contributed by atoms with Crippen LogP contribution in [-0.4, -0.2) is 19.5 Å². The van der Waals surface area contributed by atoms with E-state index in [9.17, 15) is 0 Å². The van der Waals surface area contributed by atoms with Gasteiger partial charge in [0.25, 0.3) is 0 Å². The Morgan fingerprint density at radius 1 is 1.05 bits per heavy atom. The molecule has 0 N–H and O–H groups in total. The van der Waals surface area contributed by atoms with Gasteiger partial charge >= 0.3 is 0 Å². The Hall–Kier alpha value is -2.69. The zero-order valence-corrected chi connectivity index (χ0v) is 11.3. The molecule has 0 aliphatic rings. The van der Waals surface area contributed by atoms with Crippen molar-refractivity contribution in [2.24, 2.45) is 7.05 Å². The lowest BCUT2D eigenvalue weighted by Crippen LogP contribution is -1.96. The average molecular weight is 266 g/mol. The average Bonchev–Trinajstić information content (AvgIpc) is 2.80. The minimum absolute atomic E-state index is 0.700. The number of aromatic nitrogens is 4. The Kier molecular flexibility index (Phi) is 3.16. The van der Waals surface area contributed by atoms with Crippen molar-refractivity contribution in [2.75, 3.05) is 0 Å². The van der Waals surface area contributed by atoms with Crippen molar-refractivity contribution < 1.29 is 4.74 Å². The number of hydrogen-bond acceptors (Lipinski definition) is 4. The molecule has 3 heterocycles. The van der Waals surface area contributed by atoms with Crippen LogP contribution in [0.15, 0.2) is 49.1 Å². The van der Waals surface area contributed by atoms with E-state index in [4.69, 9.17) is 4.74 Å². The minimum atomic E-state index is 0.700. The van der Waals surface area contributed by atoms with E-state index in [1.807, 2.05) is 49.0 Å². The fraction of sp³-hybridized carbons (Fsp3) is 0.133. The van der Waals surface area contributed by atoms with Crippen LogP contribution in [0.1, 0.15) is 5.82 Å². The van der Waals surface area contributed by atoms with E-state index in [1.54, 1.807) is 18.6 Å². The lowest BCUT2D eigenvalue weighted by molar-refractivity contribution is 0.480. The van der Waals surface area contributed by atoms with Gasteiger partial charge in [-0.1, -0.05) is 0 Å². The van der Waals surface area contributed by atoms with Gasteiger partial charge in [0.2, 0.25) is 0 Å². The van der Waals surface area contributed by atoms with E-state index in [0.717, 1.165) is 23.0 Å². The Morgan fingerprint density at radius 3 is 2.65 bits per heavy atom. The highest BCUT2D eigenvalue weighted by Crippen LogP contribution is 2.25. The second-order valence-electron chi connectivity index (χ2n) is 4.42. The Morgan fingerprint density at radius 2 is 1.95 bits per heavy atom. The topological polar surface area (TPSA) is 52.8 Å². The van der Waals surface area contributed by atoms with Crippen LogP contribution in [0.2, 0.25) is 0 Å². The molecule has 0 aliphatic carbocycles. The lowest BCUT2D eigenvalue weighted by atomic mass is 10.2. The van der Waals surface area contributed by atoms with Crippen LogP contribution in [0, 0.1) is 6.92 Å². The summed E-state index contributed by atoms with van der Waals surface area (Å²) in [6, 6.07) is 7.41. The molecule has 0 aromatic carbocycles. The molecule has 3 rings (SSSR count). The molecule has 3 aromatic rings. The number of ether oxygens (including phenoxy) is 1.